The summed E-state index contributed by atoms with van der Waals surface area (Å²) in [5.74, 6) is -2.86. The molecule has 0 spiro atoms. The minimum atomic E-state index is -4.65. The van der Waals surface area contributed by atoms with Crippen LogP contribution in [0.4, 0.5) is 13.2 Å². The van der Waals surface area contributed by atoms with E-state index in [1.807, 2.05) is 43.3 Å². The predicted octanol–water partition coefficient (Wildman–Crippen LogP) is 7.56. The molecular weight excluding hydrogens is 559 g/mol. The zero-order valence-electron chi connectivity index (χ0n) is 23.4. The molecule has 9 heteroatoms. The number of benzene rings is 4. The normalized spacial score (nSPS) is 13.1. The van der Waals surface area contributed by atoms with Crippen LogP contribution in [0, 0.1) is 6.92 Å². The van der Waals surface area contributed by atoms with E-state index >= 15 is 0 Å². The maximum absolute atomic E-state index is 14.1. The Bertz CT molecular complexity index is 1810. The summed E-state index contributed by atoms with van der Waals surface area (Å²) in [5.41, 5.74) is 1.49. The van der Waals surface area contributed by atoms with Gasteiger partial charge >= 0.3 is 12.1 Å². The first-order valence-corrected chi connectivity index (χ1v) is 13.4. The average molecular weight is 588 g/mol. The fraction of sp³-hybridized carbons (Fsp3) is 0.176. The van der Waals surface area contributed by atoms with Gasteiger partial charge in [0.15, 0.2) is 5.60 Å². The van der Waals surface area contributed by atoms with Gasteiger partial charge in [-0.25, -0.2) is 4.79 Å². The fourth-order valence-corrected chi connectivity index (χ4v) is 4.97. The lowest BCUT2D eigenvalue weighted by Gasteiger charge is -2.24. The fourth-order valence-electron chi connectivity index (χ4n) is 4.97. The Morgan fingerprint density at radius 2 is 1.56 bits per heavy atom. The summed E-state index contributed by atoms with van der Waals surface area (Å²) in [6, 6.07) is 27.0. The van der Waals surface area contributed by atoms with Gasteiger partial charge < -0.3 is 19.5 Å². The molecule has 0 saturated carbocycles. The smallest absolute Gasteiger partial charge is 0.449 e. The molecule has 1 heterocycles. The van der Waals surface area contributed by atoms with E-state index in [1.165, 1.54) is 24.0 Å². The lowest BCUT2D eigenvalue weighted by atomic mass is 9.92. The highest BCUT2D eigenvalue weighted by Crippen LogP contribution is 2.32. The van der Waals surface area contributed by atoms with E-state index in [4.69, 9.17) is 4.42 Å². The molecule has 5 aromatic rings. The van der Waals surface area contributed by atoms with E-state index in [-0.39, 0.29) is 30.3 Å². The van der Waals surface area contributed by atoms with Crippen molar-refractivity contribution in [1.82, 2.24) is 4.90 Å². The van der Waals surface area contributed by atoms with E-state index < -0.39 is 23.5 Å². The third-order valence-electron chi connectivity index (χ3n) is 7.43. The minimum Gasteiger partial charge on any atom is -0.479 e. The quantitative estimate of drug-likeness (QED) is 0.196. The number of carboxylic acid groups (broad SMARTS) is 1. The van der Waals surface area contributed by atoms with Crippen LogP contribution in [0.2, 0.25) is 0 Å². The number of carbonyl (C=O) groups excluding carboxylic acids is 1. The lowest BCUT2D eigenvalue weighted by molar-refractivity contribution is -0.157. The van der Waals surface area contributed by atoms with Crippen LogP contribution in [0.15, 0.2) is 101 Å². The Labute approximate surface area is 245 Å². The summed E-state index contributed by atoms with van der Waals surface area (Å²) in [6.45, 7) is 2.91. The Balaban J connectivity index is 1.48. The van der Waals surface area contributed by atoms with E-state index in [1.54, 1.807) is 42.5 Å². The highest BCUT2D eigenvalue weighted by atomic mass is 19.4. The Kier molecular flexibility index (Phi) is 7.86. The average Bonchev–Trinajstić information content (AvgIpc) is 3.46. The SMILES string of the molecule is Cc1ccc2ccccc2c1C(=O)N(Cc1ccc(-c2cccc([C@](C)(O)C(=O)O)c2)cc1)Cc1ccc(C(F)(F)F)o1. The molecule has 0 fully saturated rings. The van der Waals surface area contributed by atoms with Crippen LogP contribution in [0.3, 0.4) is 0 Å². The van der Waals surface area contributed by atoms with E-state index in [0.717, 1.165) is 28.0 Å². The maximum atomic E-state index is 14.1. The van der Waals surface area contributed by atoms with Crippen LogP contribution >= 0.6 is 0 Å². The van der Waals surface area contributed by atoms with Crippen LogP contribution in [-0.4, -0.2) is 27.0 Å². The Morgan fingerprint density at radius 3 is 2.23 bits per heavy atom. The van der Waals surface area contributed by atoms with Crippen molar-refractivity contribution in [2.45, 2.75) is 38.7 Å². The molecule has 0 aliphatic heterocycles. The van der Waals surface area contributed by atoms with Crippen molar-refractivity contribution in [3.63, 3.8) is 0 Å². The van der Waals surface area contributed by atoms with Gasteiger partial charge in [0.05, 0.1) is 12.1 Å². The van der Waals surface area contributed by atoms with Crippen molar-refractivity contribution in [3.05, 3.63) is 131 Å². The predicted molar refractivity (Wildman–Crippen MR) is 155 cm³/mol. The van der Waals surface area contributed by atoms with Crippen molar-refractivity contribution in [2.75, 3.05) is 0 Å². The summed E-state index contributed by atoms with van der Waals surface area (Å²) in [5, 5.41) is 21.4. The summed E-state index contributed by atoms with van der Waals surface area (Å²) in [7, 11) is 0. The van der Waals surface area contributed by atoms with Crippen LogP contribution in [0.5, 0.6) is 0 Å². The van der Waals surface area contributed by atoms with Crippen molar-refractivity contribution >= 4 is 22.6 Å². The molecule has 0 bridgehead atoms. The molecule has 220 valence electrons. The first-order chi connectivity index (χ1) is 20.3. The highest BCUT2D eigenvalue weighted by molar-refractivity contribution is 6.08. The number of amides is 1. The number of fused-ring (bicyclic) bond motifs is 1. The molecule has 5 rings (SSSR count). The number of hydrogen-bond acceptors (Lipinski definition) is 4. The first-order valence-electron chi connectivity index (χ1n) is 13.4. The number of aliphatic carboxylic acids is 1. The number of carboxylic acids is 1. The number of nitrogens with zero attached hydrogens (tertiary/aromatic N) is 1. The molecule has 1 atom stereocenters. The van der Waals surface area contributed by atoms with Crippen molar-refractivity contribution in [1.29, 1.82) is 0 Å². The molecule has 0 aliphatic rings. The Morgan fingerprint density at radius 1 is 0.837 bits per heavy atom. The molecular formula is C34H28F3NO5. The van der Waals surface area contributed by atoms with Gasteiger partial charge in [-0.1, -0.05) is 78.9 Å². The van der Waals surface area contributed by atoms with Gasteiger partial charge in [0.25, 0.3) is 5.91 Å². The summed E-state index contributed by atoms with van der Waals surface area (Å²) >= 11 is 0. The molecule has 4 aromatic carbocycles. The summed E-state index contributed by atoms with van der Waals surface area (Å²) in [4.78, 5) is 27.0. The monoisotopic (exact) mass is 587 g/mol. The number of hydrogen-bond donors (Lipinski definition) is 2. The number of halogens is 3. The molecule has 1 aromatic heterocycles. The molecule has 0 unspecified atom stereocenters. The molecule has 1 amide bonds. The van der Waals surface area contributed by atoms with Gasteiger partial charge in [0, 0.05) is 6.54 Å². The molecule has 6 nitrogen and oxygen atoms in total. The van der Waals surface area contributed by atoms with E-state index in [9.17, 15) is 33.0 Å². The topological polar surface area (TPSA) is 91.0 Å². The zero-order valence-corrected chi connectivity index (χ0v) is 23.4. The van der Waals surface area contributed by atoms with E-state index in [0.29, 0.717) is 16.7 Å². The van der Waals surface area contributed by atoms with Crippen LogP contribution in [0.1, 0.15) is 45.5 Å². The number of aryl methyl sites for hydroxylation is 1. The van der Waals surface area contributed by atoms with Crippen molar-refractivity contribution < 1.29 is 37.4 Å². The summed E-state index contributed by atoms with van der Waals surface area (Å²) in [6.07, 6.45) is -4.65. The second-order valence-electron chi connectivity index (χ2n) is 10.6. The molecule has 0 aliphatic carbocycles. The summed E-state index contributed by atoms with van der Waals surface area (Å²) < 4.78 is 44.8. The molecule has 43 heavy (non-hydrogen) atoms. The van der Waals surface area contributed by atoms with Gasteiger partial charge in [0.1, 0.15) is 5.76 Å². The minimum absolute atomic E-state index is 0.00233. The van der Waals surface area contributed by atoms with Gasteiger partial charge in [-0.05, 0) is 70.6 Å². The van der Waals surface area contributed by atoms with Crippen LogP contribution in [0.25, 0.3) is 21.9 Å². The Hall–Kier alpha value is -4.89. The largest absolute Gasteiger partial charge is 0.479 e. The third-order valence-corrected chi connectivity index (χ3v) is 7.43. The lowest BCUT2D eigenvalue weighted by Crippen LogP contribution is -2.31. The number of alkyl halides is 3. The number of aliphatic hydroxyl groups is 1. The van der Waals surface area contributed by atoms with Crippen molar-refractivity contribution in [3.8, 4) is 11.1 Å². The van der Waals surface area contributed by atoms with Gasteiger partial charge in [-0.3, -0.25) is 4.79 Å². The number of rotatable bonds is 8. The second kappa shape index (κ2) is 11.4. The standard InChI is InChI=1S/C34H28F3NO5/c1-21-10-13-24-6-3-4-9-28(24)30(21)31(39)38(20-27-16-17-29(43-27)34(35,36)37)19-22-11-14-23(15-12-22)25-7-5-8-26(18-25)33(2,42)32(40)41/h3-18,42H,19-20H2,1-2H3,(H,40,41)/t33-/m0/s1. The van der Waals surface area contributed by atoms with Crippen molar-refractivity contribution in [2.24, 2.45) is 0 Å². The second-order valence-corrected chi connectivity index (χ2v) is 10.6. The van der Waals surface area contributed by atoms with Crippen LogP contribution in [-0.2, 0) is 29.7 Å². The molecule has 0 radical (unpaired) electrons. The van der Waals surface area contributed by atoms with E-state index in [2.05, 4.69) is 0 Å². The molecule has 0 saturated heterocycles. The number of furan rings is 1. The van der Waals surface area contributed by atoms with Gasteiger partial charge in [0.2, 0.25) is 5.76 Å². The number of carbonyl (C=O) groups is 2. The maximum Gasteiger partial charge on any atom is 0.449 e. The zero-order chi connectivity index (χ0) is 30.9. The van der Waals surface area contributed by atoms with Gasteiger partial charge in [-0.2, -0.15) is 13.2 Å². The third kappa shape index (κ3) is 6.17. The van der Waals surface area contributed by atoms with Crippen LogP contribution < -0.4 is 0 Å². The highest BCUT2D eigenvalue weighted by Gasteiger charge is 2.35. The first kappa shape index (κ1) is 29.6. The molecule has 2 N–H and O–H groups in total. The van der Waals surface area contributed by atoms with Gasteiger partial charge in [-0.15, -0.1) is 0 Å².